The van der Waals surface area contributed by atoms with Crippen LogP contribution in [0.5, 0.6) is 0 Å². The standard InChI is InChI=1S/C22H28N2O6S/c1-22(2,3)30-14-17(20(25)24-13-7-11-18(24)21(26)27)23-31(28,29)19-12-6-9-15-8-4-5-10-16(15)19/h4-6,8-10,12,17-18,23H,7,11,13-14H2,1-3H3,(H,26,27)/t17?,18-/m0/s1. The van der Waals surface area contributed by atoms with Gasteiger partial charge in [-0.1, -0.05) is 36.4 Å². The summed E-state index contributed by atoms with van der Waals surface area (Å²) in [6, 6.07) is 9.78. The van der Waals surface area contributed by atoms with E-state index in [1.165, 1.54) is 11.0 Å². The predicted molar refractivity (Wildman–Crippen MR) is 116 cm³/mol. The van der Waals surface area contributed by atoms with E-state index >= 15 is 0 Å². The van der Waals surface area contributed by atoms with Crippen molar-refractivity contribution in [3.63, 3.8) is 0 Å². The molecule has 1 heterocycles. The van der Waals surface area contributed by atoms with Crippen molar-refractivity contribution in [1.82, 2.24) is 9.62 Å². The highest BCUT2D eigenvalue weighted by Crippen LogP contribution is 2.24. The average Bonchev–Trinajstić information content (AvgIpc) is 3.19. The fourth-order valence-corrected chi connectivity index (χ4v) is 5.06. The number of carbonyl (C=O) groups is 2. The number of carboxylic acids is 1. The van der Waals surface area contributed by atoms with Crippen molar-refractivity contribution in [1.29, 1.82) is 0 Å². The number of rotatable bonds is 7. The molecule has 2 aromatic rings. The van der Waals surface area contributed by atoms with Crippen LogP contribution in [0.3, 0.4) is 0 Å². The summed E-state index contributed by atoms with van der Waals surface area (Å²) in [7, 11) is -4.09. The molecule has 9 heteroatoms. The normalized spacial score (nSPS) is 18.3. The largest absolute Gasteiger partial charge is 0.480 e. The van der Waals surface area contributed by atoms with Gasteiger partial charge in [-0.2, -0.15) is 4.72 Å². The molecule has 0 spiro atoms. The molecular formula is C22H28N2O6S. The lowest BCUT2D eigenvalue weighted by Crippen LogP contribution is -2.54. The molecule has 0 radical (unpaired) electrons. The number of hydrogen-bond donors (Lipinski definition) is 2. The second-order valence-corrected chi connectivity index (χ2v) is 10.3. The van der Waals surface area contributed by atoms with Gasteiger partial charge in [0.1, 0.15) is 12.1 Å². The molecule has 0 bridgehead atoms. The minimum absolute atomic E-state index is 0.0513. The van der Waals surface area contributed by atoms with Crippen LogP contribution in [-0.2, 0) is 24.3 Å². The van der Waals surface area contributed by atoms with Gasteiger partial charge in [-0.25, -0.2) is 13.2 Å². The Hall–Kier alpha value is -2.49. The van der Waals surface area contributed by atoms with Gasteiger partial charge < -0.3 is 14.7 Å². The van der Waals surface area contributed by atoms with Gasteiger partial charge >= 0.3 is 5.97 Å². The molecular weight excluding hydrogens is 420 g/mol. The molecule has 0 saturated carbocycles. The fourth-order valence-electron chi connectivity index (χ4n) is 3.66. The maximum Gasteiger partial charge on any atom is 0.326 e. The smallest absolute Gasteiger partial charge is 0.326 e. The molecule has 2 N–H and O–H groups in total. The Morgan fingerprint density at radius 3 is 2.55 bits per heavy atom. The van der Waals surface area contributed by atoms with Crippen LogP contribution in [-0.4, -0.2) is 61.1 Å². The Labute approximate surface area is 182 Å². The van der Waals surface area contributed by atoms with E-state index in [1.807, 2.05) is 6.07 Å². The number of amides is 1. The zero-order chi connectivity index (χ0) is 22.8. The molecule has 1 fully saturated rings. The number of hydrogen-bond acceptors (Lipinski definition) is 5. The first kappa shape index (κ1) is 23.2. The topological polar surface area (TPSA) is 113 Å². The molecule has 0 aromatic heterocycles. The molecule has 0 aliphatic carbocycles. The minimum atomic E-state index is -4.09. The molecule has 2 atom stereocenters. The summed E-state index contributed by atoms with van der Waals surface area (Å²) in [5.41, 5.74) is -0.610. The Morgan fingerprint density at radius 2 is 1.87 bits per heavy atom. The Balaban J connectivity index is 1.93. The summed E-state index contributed by atoms with van der Waals surface area (Å²) in [5.74, 6) is -1.70. The molecule has 1 saturated heterocycles. The second kappa shape index (κ2) is 8.94. The molecule has 1 amide bonds. The minimum Gasteiger partial charge on any atom is -0.480 e. The molecule has 168 valence electrons. The average molecular weight is 449 g/mol. The van der Waals surface area contributed by atoms with Crippen LogP contribution in [0, 0.1) is 0 Å². The van der Waals surface area contributed by atoms with Crippen LogP contribution in [0.2, 0.25) is 0 Å². The van der Waals surface area contributed by atoms with Crippen molar-refractivity contribution in [2.75, 3.05) is 13.2 Å². The summed E-state index contributed by atoms with van der Waals surface area (Å²) in [5, 5.41) is 10.7. The van der Waals surface area contributed by atoms with Crippen LogP contribution in [0.1, 0.15) is 33.6 Å². The van der Waals surface area contributed by atoms with Crippen LogP contribution in [0.25, 0.3) is 10.8 Å². The van der Waals surface area contributed by atoms with Crippen molar-refractivity contribution >= 4 is 32.7 Å². The maximum absolute atomic E-state index is 13.3. The van der Waals surface area contributed by atoms with E-state index in [1.54, 1.807) is 51.1 Å². The predicted octanol–water partition coefficient (Wildman–Crippen LogP) is 2.38. The van der Waals surface area contributed by atoms with Gasteiger partial charge in [-0.05, 0) is 45.1 Å². The van der Waals surface area contributed by atoms with Crippen molar-refractivity contribution in [3.8, 4) is 0 Å². The van der Waals surface area contributed by atoms with Crippen molar-refractivity contribution in [2.24, 2.45) is 0 Å². The molecule has 8 nitrogen and oxygen atoms in total. The molecule has 31 heavy (non-hydrogen) atoms. The molecule has 1 aliphatic heterocycles. The number of sulfonamides is 1. The van der Waals surface area contributed by atoms with Crippen LogP contribution < -0.4 is 4.72 Å². The number of benzene rings is 2. The summed E-state index contributed by atoms with van der Waals surface area (Å²) >= 11 is 0. The van der Waals surface area contributed by atoms with Crippen molar-refractivity contribution < 1.29 is 27.9 Å². The quantitative estimate of drug-likeness (QED) is 0.672. The summed E-state index contributed by atoms with van der Waals surface area (Å²) in [6.07, 6.45) is 0.885. The van der Waals surface area contributed by atoms with E-state index < -0.39 is 39.6 Å². The molecule has 1 unspecified atom stereocenters. The van der Waals surface area contributed by atoms with Crippen LogP contribution in [0.4, 0.5) is 0 Å². The fraction of sp³-hybridized carbons (Fsp3) is 0.455. The number of nitrogens with zero attached hydrogens (tertiary/aromatic N) is 1. The summed E-state index contributed by atoms with van der Waals surface area (Å²) in [6.45, 7) is 5.43. The van der Waals surface area contributed by atoms with Gasteiger partial charge in [0.25, 0.3) is 0 Å². The van der Waals surface area contributed by atoms with Crippen LogP contribution in [0.15, 0.2) is 47.4 Å². The number of carbonyl (C=O) groups excluding carboxylic acids is 1. The van der Waals surface area contributed by atoms with E-state index in [2.05, 4.69) is 4.72 Å². The first-order valence-corrected chi connectivity index (χ1v) is 11.7. The van der Waals surface area contributed by atoms with Crippen molar-refractivity contribution in [2.45, 2.75) is 56.2 Å². The summed E-state index contributed by atoms with van der Waals surface area (Å²) in [4.78, 5) is 26.0. The number of carboxylic acid groups (broad SMARTS) is 1. The zero-order valence-corrected chi connectivity index (χ0v) is 18.7. The number of fused-ring (bicyclic) bond motifs is 1. The molecule has 1 aliphatic rings. The first-order valence-electron chi connectivity index (χ1n) is 10.2. The highest BCUT2D eigenvalue weighted by atomic mass is 32.2. The second-order valence-electron chi connectivity index (χ2n) is 8.60. The number of aliphatic carboxylic acids is 1. The van der Waals surface area contributed by atoms with Gasteiger partial charge in [0, 0.05) is 11.9 Å². The van der Waals surface area contributed by atoms with E-state index in [9.17, 15) is 23.1 Å². The van der Waals surface area contributed by atoms with E-state index in [-0.39, 0.29) is 18.0 Å². The third kappa shape index (κ3) is 5.41. The molecule has 2 aromatic carbocycles. The van der Waals surface area contributed by atoms with E-state index in [0.29, 0.717) is 18.2 Å². The Bertz CT molecular complexity index is 1070. The monoisotopic (exact) mass is 448 g/mol. The zero-order valence-electron chi connectivity index (χ0n) is 17.9. The maximum atomic E-state index is 13.3. The van der Waals surface area contributed by atoms with E-state index in [4.69, 9.17) is 4.74 Å². The van der Waals surface area contributed by atoms with Gasteiger partial charge in [-0.15, -0.1) is 0 Å². The Morgan fingerprint density at radius 1 is 1.19 bits per heavy atom. The third-order valence-electron chi connectivity index (χ3n) is 5.14. The first-order chi connectivity index (χ1) is 14.5. The number of nitrogens with one attached hydrogen (secondary N) is 1. The van der Waals surface area contributed by atoms with Crippen molar-refractivity contribution in [3.05, 3.63) is 42.5 Å². The SMILES string of the molecule is CC(C)(C)OCC(NS(=O)(=O)c1cccc2ccccc12)C(=O)N1CCC[C@H]1C(=O)O. The Kier molecular flexibility index (Phi) is 6.68. The third-order valence-corrected chi connectivity index (χ3v) is 6.67. The van der Waals surface area contributed by atoms with E-state index in [0.717, 1.165) is 5.39 Å². The van der Waals surface area contributed by atoms with Gasteiger partial charge in [-0.3, -0.25) is 4.79 Å². The number of likely N-dealkylation sites (tertiary alicyclic amines) is 1. The van der Waals surface area contributed by atoms with Gasteiger partial charge in [0.2, 0.25) is 15.9 Å². The lowest BCUT2D eigenvalue weighted by atomic mass is 10.1. The highest BCUT2D eigenvalue weighted by molar-refractivity contribution is 7.89. The number of ether oxygens (including phenoxy) is 1. The van der Waals surface area contributed by atoms with Gasteiger partial charge in [0.05, 0.1) is 17.1 Å². The lowest BCUT2D eigenvalue weighted by Gasteiger charge is -2.29. The van der Waals surface area contributed by atoms with Gasteiger partial charge in [0.15, 0.2) is 0 Å². The highest BCUT2D eigenvalue weighted by Gasteiger charge is 2.39. The lowest BCUT2D eigenvalue weighted by molar-refractivity contribution is -0.150. The van der Waals surface area contributed by atoms with Crippen LogP contribution >= 0.6 is 0 Å². The summed E-state index contributed by atoms with van der Waals surface area (Å²) < 4.78 is 34.7. The molecule has 3 rings (SSSR count).